The van der Waals surface area contributed by atoms with E-state index >= 15 is 0 Å². The van der Waals surface area contributed by atoms with Crippen molar-refractivity contribution in [1.29, 1.82) is 0 Å². The van der Waals surface area contributed by atoms with Gasteiger partial charge in [-0.1, -0.05) is 24.3 Å². The molecule has 240 valence electrons. The fourth-order valence-corrected chi connectivity index (χ4v) is 7.58. The second-order valence-electron chi connectivity index (χ2n) is 11.0. The molecule has 0 bridgehead atoms. The fourth-order valence-electron chi connectivity index (χ4n) is 5.83. The Bertz CT molecular complexity index is 1950. The number of aromatic nitrogens is 4. The number of aliphatic hydroxyl groups is 1. The number of likely N-dealkylation sites (N-methyl/N-ethyl adjacent to an activating group) is 1. The topological polar surface area (TPSA) is 113 Å². The van der Waals surface area contributed by atoms with Crippen molar-refractivity contribution in [3.05, 3.63) is 71.2 Å². The second-order valence-corrected chi connectivity index (χ2v) is 14.0. The molecule has 3 aromatic heterocycles. The third-order valence-electron chi connectivity index (χ3n) is 7.86. The van der Waals surface area contributed by atoms with Crippen LogP contribution in [-0.2, 0) is 23.0 Å². The number of anilines is 1. The molecule has 16 heteroatoms. The number of benzene rings is 2. The Kier molecular flexibility index (Phi) is 9.12. The quantitative estimate of drug-likeness (QED) is 0.212. The highest BCUT2D eigenvalue weighted by Gasteiger charge is 2.37. The Morgan fingerprint density at radius 2 is 1.84 bits per heavy atom. The van der Waals surface area contributed by atoms with Crippen LogP contribution in [0.25, 0.3) is 32.2 Å². The van der Waals surface area contributed by atoms with Gasteiger partial charge in [-0.2, -0.15) is 22.4 Å². The van der Waals surface area contributed by atoms with Crippen molar-refractivity contribution < 1.29 is 31.1 Å². The van der Waals surface area contributed by atoms with Crippen LogP contribution >= 0.6 is 23.7 Å². The average Bonchev–Trinajstić information content (AvgIpc) is 3.66. The molecule has 5 aromatic rings. The Hall–Kier alpha value is -3.37. The lowest BCUT2D eigenvalue weighted by atomic mass is 10.0. The molecule has 0 spiro atoms. The van der Waals surface area contributed by atoms with Gasteiger partial charge in [-0.25, -0.2) is 22.8 Å². The third-order valence-corrected chi connectivity index (χ3v) is 9.82. The predicted molar refractivity (Wildman–Crippen MR) is 168 cm³/mol. The normalized spacial score (nSPS) is 18.9. The molecule has 0 unspecified atom stereocenters. The van der Waals surface area contributed by atoms with Crippen LogP contribution in [0, 0.1) is 5.82 Å². The summed E-state index contributed by atoms with van der Waals surface area (Å²) in [6, 6.07) is 11.1. The molecule has 3 atom stereocenters. The van der Waals surface area contributed by atoms with Gasteiger partial charge in [0.05, 0.1) is 41.9 Å². The highest BCUT2D eigenvalue weighted by Crippen LogP contribution is 2.36. The van der Waals surface area contributed by atoms with Crippen molar-refractivity contribution in [1.82, 2.24) is 24.5 Å². The van der Waals surface area contributed by atoms with Gasteiger partial charge in [0.15, 0.2) is 0 Å². The number of alkyl halides is 3. The molecule has 2 aromatic carbocycles. The summed E-state index contributed by atoms with van der Waals surface area (Å²) in [5.74, 6) is -0.0973. The van der Waals surface area contributed by atoms with E-state index in [0.29, 0.717) is 51.9 Å². The van der Waals surface area contributed by atoms with Gasteiger partial charge in [-0.15, -0.1) is 23.7 Å². The van der Waals surface area contributed by atoms with Crippen LogP contribution in [-0.4, -0.2) is 70.3 Å². The largest absolute Gasteiger partial charge is 0.393 e. The molecule has 6 rings (SSSR count). The van der Waals surface area contributed by atoms with Gasteiger partial charge in [0, 0.05) is 36.0 Å². The van der Waals surface area contributed by atoms with E-state index in [0.717, 1.165) is 33.3 Å². The number of thiophene rings is 1. The number of hydrogen-bond donors (Lipinski definition) is 2. The molecule has 1 aliphatic rings. The SMILES string of the molecule is CN(c1ncnc2sc(CC(F)(F)F)cc12)[C@H]1C[C@@H](NCc2ccc(-c3cc(F)cc4c3cnn4S(C)(=O)=O)cc2)C[C@H]1O.Cl. The number of halogens is 5. The van der Waals surface area contributed by atoms with Gasteiger partial charge in [0.25, 0.3) is 10.0 Å². The smallest absolute Gasteiger partial charge is 0.391 e. The monoisotopic (exact) mass is 684 g/mol. The third kappa shape index (κ3) is 6.92. The summed E-state index contributed by atoms with van der Waals surface area (Å²) >= 11 is 0.988. The van der Waals surface area contributed by atoms with E-state index in [1.165, 1.54) is 24.7 Å². The highest BCUT2D eigenvalue weighted by atomic mass is 35.5. The van der Waals surface area contributed by atoms with Crippen molar-refractivity contribution in [2.75, 3.05) is 18.2 Å². The Morgan fingerprint density at radius 3 is 2.53 bits per heavy atom. The molecule has 1 fully saturated rings. The maximum absolute atomic E-state index is 14.4. The zero-order chi connectivity index (χ0) is 31.4. The number of fused-ring (bicyclic) bond motifs is 2. The van der Waals surface area contributed by atoms with E-state index in [1.54, 1.807) is 7.05 Å². The molecule has 2 N–H and O–H groups in total. The Labute approximate surface area is 266 Å². The van der Waals surface area contributed by atoms with Crippen molar-refractivity contribution in [2.45, 2.75) is 50.2 Å². The molecular weight excluding hydrogens is 656 g/mol. The fraction of sp³-hybridized carbons (Fsp3) is 0.345. The molecule has 1 aliphatic carbocycles. The minimum Gasteiger partial charge on any atom is -0.391 e. The van der Waals surface area contributed by atoms with E-state index in [9.17, 15) is 31.1 Å². The van der Waals surface area contributed by atoms with Gasteiger partial charge >= 0.3 is 6.18 Å². The lowest BCUT2D eigenvalue weighted by Gasteiger charge is -2.28. The summed E-state index contributed by atoms with van der Waals surface area (Å²) in [5, 5.41) is 19.3. The van der Waals surface area contributed by atoms with E-state index in [4.69, 9.17) is 0 Å². The summed E-state index contributed by atoms with van der Waals surface area (Å²) in [6.45, 7) is 0.502. The van der Waals surface area contributed by atoms with Gasteiger partial charge < -0.3 is 15.3 Å². The molecule has 0 radical (unpaired) electrons. The molecule has 0 aliphatic heterocycles. The Morgan fingerprint density at radius 1 is 1.11 bits per heavy atom. The van der Waals surface area contributed by atoms with E-state index in [2.05, 4.69) is 20.4 Å². The van der Waals surface area contributed by atoms with Crippen molar-refractivity contribution in [3.8, 4) is 11.1 Å². The molecule has 45 heavy (non-hydrogen) atoms. The highest BCUT2D eigenvalue weighted by molar-refractivity contribution is 7.89. The van der Waals surface area contributed by atoms with Crippen molar-refractivity contribution >= 4 is 60.7 Å². The van der Waals surface area contributed by atoms with Crippen LogP contribution < -0.4 is 10.2 Å². The molecule has 1 saturated carbocycles. The first-order chi connectivity index (χ1) is 20.8. The molecular formula is C29H29ClF4N6O3S2. The zero-order valence-electron chi connectivity index (χ0n) is 24.0. The number of hydrogen-bond acceptors (Lipinski definition) is 9. The van der Waals surface area contributed by atoms with Crippen LogP contribution in [0.1, 0.15) is 23.3 Å². The second kappa shape index (κ2) is 12.4. The van der Waals surface area contributed by atoms with Crippen molar-refractivity contribution in [2.24, 2.45) is 0 Å². The lowest BCUT2D eigenvalue weighted by molar-refractivity contribution is -0.126. The average molecular weight is 685 g/mol. The van der Waals surface area contributed by atoms with Gasteiger partial charge in [0.2, 0.25) is 0 Å². The summed E-state index contributed by atoms with van der Waals surface area (Å²) < 4.78 is 78.2. The first-order valence-corrected chi connectivity index (χ1v) is 16.3. The van der Waals surface area contributed by atoms with Crippen LogP contribution in [0.4, 0.5) is 23.4 Å². The van der Waals surface area contributed by atoms with Crippen LogP contribution in [0.2, 0.25) is 0 Å². The summed E-state index contributed by atoms with van der Waals surface area (Å²) in [4.78, 5) is 10.9. The summed E-state index contributed by atoms with van der Waals surface area (Å²) in [5.41, 5.74) is 2.34. The van der Waals surface area contributed by atoms with Gasteiger partial charge in [0.1, 0.15) is 22.8 Å². The minimum atomic E-state index is -4.32. The van der Waals surface area contributed by atoms with E-state index < -0.39 is 34.5 Å². The van der Waals surface area contributed by atoms with Gasteiger partial charge in [-0.3, -0.25) is 0 Å². The lowest BCUT2D eigenvalue weighted by Crippen LogP contribution is -2.38. The predicted octanol–water partition coefficient (Wildman–Crippen LogP) is 5.30. The summed E-state index contributed by atoms with van der Waals surface area (Å²) in [7, 11) is -1.92. The molecule has 9 nitrogen and oxygen atoms in total. The number of rotatable bonds is 8. The Balaban J connectivity index is 0.00000400. The number of aliphatic hydroxyl groups excluding tert-OH is 1. The first-order valence-electron chi connectivity index (χ1n) is 13.7. The van der Waals surface area contributed by atoms with E-state index in [-0.39, 0.29) is 34.9 Å². The minimum absolute atomic E-state index is 0. The van der Waals surface area contributed by atoms with Crippen LogP contribution in [0.5, 0.6) is 0 Å². The van der Waals surface area contributed by atoms with Crippen LogP contribution in [0.3, 0.4) is 0 Å². The molecule has 0 amide bonds. The zero-order valence-corrected chi connectivity index (χ0v) is 26.4. The molecule has 0 saturated heterocycles. The maximum Gasteiger partial charge on any atom is 0.393 e. The van der Waals surface area contributed by atoms with Gasteiger partial charge in [-0.05, 0) is 41.7 Å². The van der Waals surface area contributed by atoms with Crippen LogP contribution in [0.15, 0.2) is 55.0 Å². The standard InChI is InChI=1S/C29H28F4N6O3S2.ClH/c1-38(27-22-11-20(12-29(31,32)33)43-28(22)36-15-35-27)25-9-19(10-26(25)40)34-13-16-3-5-17(6-4-16)21-7-18(30)8-24-23(21)14-37-39(24)44(2,41)42;/h3-8,11,14-15,19,25-26,34,40H,9-10,12-13H2,1-2H3;1H/t19-,25+,26-;/m1./s1. The number of nitrogens with one attached hydrogen (secondary N) is 1. The number of nitrogens with zero attached hydrogens (tertiary/aromatic N) is 5. The van der Waals surface area contributed by atoms with E-state index in [1.807, 2.05) is 29.2 Å². The maximum atomic E-state index is 14.4. The first kappa shape index (κ1) is 33.0. The van der Waals surface area contributed by atoms with Crippen molar-refractivity contribution in [3.63, 3.8) is 0 Å². The summed E-state index contributed by atoms with van der Waals surface area (Å²) in [6.07, 6.45) is -1.22. The molecule has 3 heterocycles.